The lowest BCUT2D eigenvalue weighted by Gasteiger charge is -1.99. The van der Waals surface area contributed by atoms with Gasteiger partial charge in [-0.15, -0.1) is 0 Å². The zero-order valence-electron chi connectivity index (χ0n) is 6.04. The van der Waals surface area contributed by atoms with Crippen LogP contribution in [0.1, 0.15) is 19.2 Å². The number of aliphatic hydroxyl groups excluding tert-OH is 1. The minimum atomic E-state index is -0.231. The molecule has 0 aliphatic heterocycles. The fourth-order valence-electron chi connectivity index (χ4n) is 0.780. The van der Waals surface area contributed by atoms with Crippen LogP contribution < -0.4 is 0 Å². The SMILES string of the molecule is CC(O)CCc1ncc[nH]1. The molecule has 3 heteroatoms. The molecule has 0 amide bonds. The van der Waals surface area contributed by atoms with Crippen molar-refractivity contribution in [3.63, 3.8) is 0 Å². The Morgan fingerprint density at radius 3 is 3.10 bits per heavy atom. The van der Waals surface area contributed by atoms with E-state index in [0.29, 0.717) is 0 Å². The number of H-pyrrole nitrogens is 1. The molecule has 10 heavy (non-hydrogen) atoms. The second-order valence-corrected chi connectivity index (χ2v) is 2.42. The van der Waals surface area contributed by atoms with E-state index in [-0.39, 0.29) is 6.10 Å². The van der Waals surface area contributed by atoms with Gasteiger partial charge in [0, 0.05) is 18.8 Å². The van der Waals surface area contributed by atoms with Crippen molar-refractivity contribution in [3.05, 3.63) is 18.2 Å². The number of aliphatic hydroxyl groups is 1. The third-order valence-corrected chi connectivity index (χ3v) is 1.35. The number of aromatic amines is 1. The number of hydrogen-bond donors (Lipinski definition) is 2. The lowest BCUT2D eigenvalue weighted by molar-refractivity contribution is 0.184. The van der Waals surface area contributed by atoms with Gasteiger partial charge < -0.3 is 10.1 Å². The monoisotopic (exact) mass is 140 g/mol. The van der Waals surface area contributed by atoms with E-state index in [2.05, 4.69) is 9.97 Å². The van der Waals surface area contributed by atoms with E-state index >= 15 is 0 Å². The quantitative estimate of drug-likeness (QED) is 0.650. The van der Waals surface area contributed by atoms with Crippen LogP contribution >= 0.6 is 0 Å². The number of nitrogens with one attached hydrogen (secondary N) is 1. The smallest absolute Gasteiger partial charge is 0.106 e. The molecule has 3 nitrogen and oxygen atoms in total. The highest BCUT2D eigenvalue weighted by atomic mass is 16.3. The summed E-state index contributed by atoms with van der Waals surface area (Å²) in [7, 11) is 0. The largest absolute Gasteiger partial charge is 0.393 e. The molecule has 1 heterocycles. The maximum Gasteiger partial charge on any atom is 0.106 e. The van der Waals surface area contributed by atoms with Gasteiger partial charge in [-0.3, -0.25) is 0 Å². The fraction of sp³-hybridized carbons (Fsp3) is 0.571. The number of aryl methyl sites for hydroxylation is 1. The zero-order valence-corrected chi connectivity index (χ0v) is 6.04. The molecule has 0 bridgehead atoms. The van der Waals surface area contributed by atoms with Crippen molar-refractivity contribution in [1.82, 2.24) is 9.97 Å². The summed E-state index contributed by atoms with van der Waals surface area (Å²) in [4.78, 5) is 6.99. The Morgan fingerprint density at radius 1 is 1.80 bits per heavy atom. The van der Waals surface area contributed by atoms with Crippen LogP contribution in [0.3, 0.4) is 0 Å². The van der Waals surface area contributed by atoms with E-state index in [1.165, 1.54) is 0 Å². The maximum atomic E-state index is 8.91. The number of imidazole rings is 1. The molecule has 2 N–H and O–H groups in total. The first-order valence-corrected chi connectivity index (χ1v) is 3.45. The van der Waals surface area contributed by atoms with Crippen LogP contribution in [-0.4, -0.2) is 21.2 Å². The van der Waals surface area contributed by atoms with Crippen molar-refractivity contribution in [3.8, 4) is 0 Å². The average molecular weight is 140 g/mol. The molecular formula is C7H12N2O. The van der Waals surface area contributed by atoms with Crippen molar-refractivity contribution in [2.24, 2.45) is 0 Å². The number of hydrogen-bond acceptors (Lipinski definition) is 2. The highest BCUT2D eigenvalue weighted by Crippen LogP contribution is 1.97. The summed E-state index contributed by atoms with van der Waals surface area (Å²) < 4.78 is 0. The minimum absolute atomic E-state index is 0.231. The van der Waals surface area contributed by atoms with Crippen LogP contribution in [0.15, 0.2) is 12.4 Å². The lowest BCUT2D eigenvalue weighted by Crippen LogP contribution is -2.02. The number of aromatic nitrogens is 2. The summed E-state index contributed by atoms with van der Waals surface area (Å²) in [6, 6.07) is 0. The first kappa shape index (κ1) is 7.28. The summed E-state index contributed by atoms with van der Waals surface area (Å²) in [6.07, 6.45) is 4.87. The Morgan fingerprint density at radius 2 is 2.60 bits per heavy atom. The van der Waals surface area contributed by atoms with Gasteiger partial charge in [-0.25, -0.2) is 4.98 Å². The Hall–Kier alpha value is -0.830. The molecule has 0 aliphatic rings. The average Bonchev–Trinajstić information content (AvgIpc) is 2.34. The van der Waals surface area contributed by atoms with Gasteiger partial charge in [0.1, 0.15) is 5.82 Å². The first-order chi connectivity index (χ1) is 4.79. The van der Waals surface area contributed by atoms with Crippen LogP contribution in [0, 0.1) is 0 Å². The molecule has 0 fully saturated rings. The van der Waals surface area contributed by atoms with Crippen molar-refractivity contribution in [2.75, 3.05) is 0 Å². The second kappa shape index (κ2) is 3.37. The third kappa shape index (κ3) is 2.19. The predicted octanol–water partition coefficient (Wildman–Crippen LogP) is 0.723. The van der Waals surface area contributed by atoms with Crippen LogP contribution in [0.2, 0.25) is 0 Å². The van der Waals surface area contributed by atoms with Gasteiger partial charge in [0.15, 0.2) is 0 Å². The fourth-order valence-corrected chi connectivity index (χ4v) is 0.780. The third-order valence-electron chi connectivity index (χ3n) is 1.35. The Kier molecular flexibility index (Phi) is 2.45. The van der Waals surface area contributed by atoms with Gasteiger partial charge in [0.05, 0.1) is 6.10 Å². The molecule has 0 aliphatic carbocycles. The molecule has 0 aromatic carbocycles. The molecule has 56 valence electrons. The van der Waals surface area contributed by atoms with Crippen LogP contribution in [-0.2, 0) is 6.42 Å². The van der Waals surface area contributed by atoms with Crippen LogP contribution in [0.5, 0.6) is 0 Å². The van der Waals surface area contributed by atoms with Gasteiger partial charge >= 0.3 is 0 Å². The van der Waals surface area contributed by atoms with Crippen LogP contribution in [0.25, 0.3) is 0 Å². The Bertz CT molecular complexity index is 170. The van der Waals surface area contributed by atoms with E-state index < -0.39 is 0 Å². The van der Waals surface area contributed by atoms with Crippen molar-refractivity contribution < 1.29 is 5.11 Å². The summed E-state index contributed by atoms with van der Waals surface area (Å²) in [5.74, 6) is 0.945. The van der Waals surface area contributed by atoms with E-state index in [9.17, 15) is 0 Å². The summed E-state index contributed by atoms with van der Waals surface area (Å²) in [5, 5.41) is 8.91. The molecule has 1 unspecified atom stereocenters. The molecule has 1 atom stereocenters. The molecular weight excluding hydrogens is 128 g/mol. The first-order valence-electron chi connectivity index (χ1n) is 3.45. The Labute approximate surface area is 60.1 Å². The lowest BCUT2D eigenvalue weighted by atomic mass is 10.2. The highest BCUT2D eigenvalue weighted by Gasteiger charge is 1.97. The second-order valence-electron chi connectivity index (χ2n) is 2.42. The molecule has 1 aromatic rings. The van der Waals surface area contributed by atoms with Gasteiger partial charge in [-0.05, 0) is 13.3 Å². The van der Waals surface area contributed by atoms with Gasteiger partial charge in [-0.1, -0.05) is 0 Å². The standard InChI is InChI=1S/C7H12N2O/c1-6(10)2-3-7-8-4-5-9-7/h4-6,10H,2-3H2,1H3,(H,8,9). The Balaban J connectivity index is 2.28. The van der Waals surface area contributed by atoms with Crippen molar-refractivity contribution in [2.45, 2.75) is 25.9 Å². The predicted molar refractivity (Wildman–Crippen MR) is 38.6 cm³/mol. The molecule has 0 spiro atoms. The topological polar surface area (TPSA) is 48.9 Å². The molecule has 1 aromatic heterocycles. The summed E-state index contributed by atoms with van der Waals surface area (Å²) in [6.45, 7) is 1.78. The highest BCUT2D eigenvalue weighted by molar-refractivity contribution is 4.86. The van der Waals surface area contributed by atoms with Crippen LogP contribution in [0.4, 0.5) is 0 Å². The molecule has 0 saturated carbocycles. The summed E-state index contributed by atoms with van der Waals surface area (Å²) >= 11 is 0. The van der Waals surface area contributed by atoms with Crippen molar-refractivity contribution in [1.29, 1.82) is 0 Å². The summed E-state index contributed by atoms with van der Waals surface area (Å²) in [5.41, 5.74) is 0. The van der Waals surface area contributed by atoms with Gasteiger partial charge in [0.2, 0.25) is 0 Å². The molecule has 0 saturated heterocycles. The van der Waals surface area contributed by atoms with E-state index in [1.807, 2.05) is 0 Å². The molecule has 1 rings (SSSR count). The van der Waals surface area contributed by atoms with E-state index in [1.54, 1.807) is 19.3 Å². The number of nitrogens with zero attached hydrogens (tertiary/aromatic N) is 1. The number of rotatable bonds is 3. The zero-order chi connectivity index (χ0) is 7.40. The maximum absolute atomic E-state index is 8.91. The van der Waals surface area contributed by atoms with E-state index in [0.717, 1.165) is 18.7 Å². The molecule has 0 radical (unpaired) electrons. The normalized spacial score (nSPS) is 13.4. The van der Waals surface area contributed by atoms with Gasteiger partial charge in [-0.2, -0.15) is 0 Å². The van der Waals surface area contributed by atoms with E-state index in [4.69, 9.17) is 5.11 Å². The van der Waals surface area contributed by atoms with Gasteiger partial charge in [0.25, 0.3) is 0 Å². The van der Waals surface area contributed by atoms with Crippen molar-refractivity contribution >= 4 is 0 Å². The minimum Gasteiger partial charge on any atom is -0.393 e.